The third kappa shape index (κ3) is 2.90. The lowest BCUT2D eigenvalue weighted by Crippen LogP contribution is -2.19. The highest BCUT2D eigenvalue weighted by molar-refractivity contribution is 7.11. The predicted octanol–water partition coefficient (Wildman–Crippen LogP) is 2.07. The van der Waals surface area contributed by atoms with Crippen molar-refractivity contribution < 1.29 is 0 Å². The smallest absolute Gasteiger partial charge is 0.0968 e. The lowest BCUT2D eigenvalue weighted by molar-refractivity contribution is 0.605. The highest BCUT2D eigenvalue weighted by Gasteiger charge is 2.08. The number of aromatic nitrogens is 3. The molecule has 1 unspecified atom stereocenters. The largest absolute Gasteiger partial charge is 0.310 e. The van der Waals surface area contributed by atoms with E-state index < -0.39 is 0 Å². The summed E-state index contributed by atoms with van der Waals surface area (Å²) in [6.45, 7) is 6.05. The highest BCUT2D eigenvalue weighted by atomic mass is 32.1. The molecule has 0 fully saturated rings. The molecule has 0 saturated carbocycles. The van der Waals surface area contributed by atoms with Gasteiger partial charge in [0.05, 0.1) is 5.01 Å². The number of H-pyrrole nitrogens is 1. The Morgan fingerprint density at radius 3 is 3.06 bits per heavy atom. The van der Waals surface area contributed by atoms with Crippen LogP contribution in [0, 0.1) is 6.92 Å². The second kappa shape index (κ2) is 5.23. The Morgan fingerprint density at radius 1 is 1.56 bits per heavy atom. The number of nitrogens with zero attached hydrogens (tertiary/aromatic N) is 2. The van der Waals surface area contributed by atoms with Gasteiger partial charge in [-0.15, -0.1) is 11.3 Å². The first-order chi connectivity index (χ1) is 7.75. The van der Waals surface area contributed by atoms with E-state index in [-0.39, 0.29) is 0 Å². The Labute approximate surface area is 99.1 Å². The molecule has 2 aromatic heterocycles. The standard InChI is InChI=1S/C11H16N4S/c1-8(11-13-6-9(2)16-11)5-12-7-10-3-4-14-15-10/h3-4,6,8,12H,5,7H2,1-2H3,(H,14,15). The van der Waals surface area contributed by atoms with Crippen LogP contribution >= 0.6 is 11.3 Å². The van der Waals surface area contributed by atoms with Gasteiger partial charge in [-0.3, -0.25) is 5.10 Å². The highest BCUT2D eigenvalue weighted by Crippen LogP contribution is 2.20. The van der Waals surface area contributed by atoms with Crippen LogP contribution < -0.4 is 5.32 Å². The van der Waals surface area contributed by atoms with Crippen molar-refractivity contribution in [3.05, 3.63) is 34.0 Å². The van der Waals surface area contributed by atoms with E-state index in [4.69, 9.17) is 0 Å². The predicted molar refractivity (Wildman–Crippen MR) is 65.6 cm³/mol. The van der Waals surface area contributed by atoms with E-state index in [2.05, 4.69) is 34.3 Å². The molecular weight excluding hydrogens is 220 g/mol. The zero-order chi connectivity index (χ0) is 11.4. The molecule has 16 heavy (non-hydrogen) atoms. The summed E-state index contributed by atoms with van der Waals surface area (Å²) in [5.41, 5.74) is 1.11. The van der Waals surface area contributed by atoms with E-state index in [0.717, 1.165) is 18.8 Å². The molecule has 0 amide bonds. The third-order valence-electron chi connectivity index (χ3n) is 2.39. The van der Waals surface area contributed by atoms with Crippen molar-refractivity contribution in [1.82, 2.24) is 20.5 Å². The van der Waals surface area contributed by atoms with Crippen LogP contribution in [0.4, 0.5) is 0 Å². The molecule has 0 aliphatic heterocycles. The van der Waals surface area contributed by atoms with Crippen LogP contribution in [0.3, 0.4) is 0 Å². The van der Waals surface area contributed by atoms with Gasteiger partial charge in [0.1, 0.15) is 0 Å². The monoisotopic (exact) mass is 236 g/mol. The molecule has 0 aliphatic carbocycles. The lowest BCUT2D eigenvalue weighted by atomic mass is 10.2. The Bertz CT molecular complexity index is 421. The molecule has 1 atom stereocenters. The molecular formula is C11H16N4S. The fourth-order valence-corrected chi connectivity index (χ4v) is 2.32. The SMILES string of the molecule is Cc1cnc(C(C)CNCc2ccn[nH]2)s1. The second-order valence-electron chi connectivity index (χ2n) is 3.92. The molecule has 86 valence electrons. The maximum atomic E-state index is 4.39. The molecule has 0 radical (unpaired) electrons. The molecule has 2 aromatic rings. The Kier molecular flexibility index (Phi) is 3.69. The average molecular weight is 236 g/mol. The molecule has 4 nitrogen and oxygen atoms in total. The fraction of sp³-hybridized carbons (Fsp3) is 0.455. The average Bonchev–Trinajstić information content (AvgIpc) is 2.89. The first kappa shape index (κ1) is 11.3. The summed E-state index contributed by atoms with van der Waals surface area (Å²) in [6, 6.07) is 1.98. The lowest BCUT2D eigenvalue weighted by Gasteiger charge is -2.08. The van der Waals surface area contributed by atoms with E-state index in [9.17, 15) is 0 Å². The third-order valence-corrected chi connectivity index (χ3v) is 3.53. The van der Waals surface area contributed by atoms with Gasteiger partial charge in [0.15, 0.2) is 0 Å². The van der Waals surface area contributed by atoms with Gasteiger partial charge in [-0.05, 0) is 13.0 Å². The Hall–Kier alpha value is -1.20. The van der Waals surface area contributed by atoms with Gasteiger partial charge in [0, 0.05) is 42.0 Å². The normalized spacial score (nSPS) is 12.9. The molecule has 0 aromatic carbocycles. The van der Waals surface area contributed by atoms with E-state index in [1.807, 2.05) is 12.3 Å². The van der Waals surface area contributed by atoms with Crippen molar-refractivity contribution in [2.45, 2.75) is 26.3 Å². The minimum absolute atomic E-state index is 0.460. The molecule has 2 heterocycles. The summed E-state index contributed by atoms with van der Waals surface area (Å²) < 4.78 is 0. The van der Waals surface area contributed by atoms with Gasteiger partial charge in [0.25, 0.3) is 0 Å². The van der Waals surface area contributed by atoms with Crippen LogP contribution in [0.5, 0.6) is 0 Å². The van der Waals surface area contributed by atoms with Crippen molar-refractivity contribution in [2.24, 2.45) is 0 Å². The van der Waals surface area contributed by atoms with E-state index >= 15 is 0 Å². The molecule has 0 saturated heterocycles. The van der Waals surface area contributed by atoms with E-state index in [1.54, 1.807) is 17.5 Å². The summed E-state index contributed by atoms with van der Waals surface area (Å²) in [7, 11) is 0. The fourth-order valence-electron chi connectivity index (χ4n) is 1.49. The number of thiazole rings is 1. The number of hydrogen-bond acceptors (Lipinski definition) is 4. The molecule has 0 bridgehead atoms. The summed E-state index contributed by atoms with van der Waals surface area (Å²) in [6.07, 6.45) is 3.70. The molecule has 0 spiro atoms. The summed E-state index contributed by atoms with van der Waals surface area (Å²) in [4.78, 5) is 5.66. The second-order valence-corrected chi connectivity index (χ2v) is 5.19. The van der Waals surface area contributed by atoms with Crippen molar-refractivity contribution in [3.63, 3.8) is 0 Å². The molecule has 2 rings (SSSR count). The van der Waals surface area contributed by atoms with Crippen LogP contribution in [0.2, 0.25) is 0 Å². The summed E-state index contributed by atoms with van der Waals surface area (Å²) in [5.74, 6) is 0.460. The van der Waals surface area contributed by atoms with E-state index in [0.29, 0.717) is 5.92 Å². The molecule has 5 heteroatoms. The summed E-state index contributed by atoms with van der Waals surface area (Å²) in [5, 5.41) is 11.4. The zero-order valence-electron chi connectivity index (χ0n) is 9.53. The number of aromatic amines is 1. The van der Waals surface area contributed by atoms with Crippen molar-refractivity contribution in [1.29, 1.82) is 0 Å². The minimum Gasteiger partial charge on any atom is -0.310 e. The van der Waals surface area contributed by atoms with Gasteiger partial charge in [-0.1, -0.05) is 6.92 Å². The number of nitrogens with one attached hydrogen (secondary N) is 2. The van der Waals surface area contributed by atoms with Crippen LogP contribution in [-0.4, -0.2) is 21.7 Å². The van der Waals surface area contributed by atoms with Crippen LogP contribution in [0.25, 0.3) is 0 Å². The van der Waals surface area contributed by atoms with Crippen LogP contribution in [0.15, 0.2) is 18.5 Å². The molecule has 0 aliphatic rings. The molecule has 2 N–H and O–H groups in total. The van der Waals surface area contributed by atoms with Crippen molar-refractivity contribution >= 4 is 11.3 Å². The van der Waals surface area contributed by atoms with Crippen molar-refractivity contribution in [3.8, 4) is 0 Å². The van der Waals surface area contributed by atoms with E-state index in [1.165, 1.54) is 9.88 Å². The minimum atomic E-state index is 0.460. The zero-order valence-corrected chi connectivity index (χ0v) is 10.3. The first-order valence-electron chi connectivity index (χ1n) is 5.37. The van der Waals surface area contributed by atoms with Gasteiger partial charge in [-0.2, -0.15) is 5.10 Å². The van der Waals surface area contributed by atoms with Crippen LogP contribution in [-0.2, 0) is 6.54 Å². The maximum absolute atomic E-state index is 4.39. The topological polar surface area (TPSA) is 53.6 Å². The summed E-state index contributed by atoms with van der Waals surface area (Å²) >= 11 is 1.77. The number of rotatable bonds is 5. The quantitative estimate of drug-likeness (QED) is 0.835. The Morgan fingerprint density at radius 2 is 2.44 bits per heavy atom. The van der Waals surface area contributed by atoms with Gasteiger partial charge in [0.2, 0.25) is 0 Å². The Balaban J connectivity index is 1.78. The van der Waals surface area contributed by atoms with Crippen LogP contribution in [0.1, 0.15) is 28.4 Å². The van der Waals surface area contributed by atoms with Gasteiger partial charge < -0.3 is 5.32 Å². The first-order valence-corrected chi connectivity index (χ1v) is 6.18. The van der Waals surface area contributed by atoms with Gasteiger partial charge >= 0.3 is 0 Å². The number of aryl methyl sites for hydroxylation is 1. The maximum Gasteiger partial charge on any atom is 0.0968 e. The van der Waals surface area contributed by atoms with Gasteiger partial charge in [-0.25, -0.2) is 4.98 Å². The number of hydrogen-bond donors (Lipinski definition) is 2. The van der Waals surface area contributed by atoms with Crippen molar-refractivity contribution in [2.75, 3.05) is 6.54 Å².